The minimum absolute atomic E-state index is 0.0691. The number of amides is 1. The van der Waals surface area contributed by atoms with Crippen LogP contribution in [0.3, 0.4) is 0 Å². The Morgan fingerprint density at radius 2 is 1.96 bits per heavy atom. The molecule has 128 valence electrons. The summed E-state index contributed by atoms with van der Waals surface area (Å²) in [6, 6.07) is 8.63. The van der Waals surface area contributed by atoms with Crippen LogP contribution in [0.25, 0.3) is 0 Å². The summed E-state index contributed by atoms with van der Waals surface area (Å²) in [5.41, 5.74) is 2.85. The van der Waals surface area contributed by atoms with Crippen LogP contribution < -0.4 is 10.6 Å². The van der Waals surface area contributed by atoms with Crippen LogP contribution >= 0.6 is 0 Å². The third-order valence-electron chi connectivity index (χ3n) is 4.92. The fraction of sp³-hybridized carbons (Fsp3) is 0.632. The summed E-state index contributed by atoms with van der Waals surface area (Å²) >= 11 is 0. The summed E-state index contributed by atoms with van der Waals surface area (Å²) in [7, 11) is 1.66. The summed E-state index contributed by atoms with van der Waals surface area (Å²) < 4.78 is 4.97. The van der Waals surface area contributed by atoms with Gasteiger partial charge in [0.25, 0.3) is 0 Å². The maximum absolute atomic E-state index is 12.1. The Kier molecular flexibility index (Phi) is 7.06. The standard InChI is InChI=1S/C19H30N2O2/c1-16-8-4-5-9-17(16)19(10-6-3-7-11-19)15-21-18(22)14-20-12-13-23-2/h4-5,8-9,20H,3,6-7,10-15H2,1-2H3,(H,21,22). The molecule has 1 saturated carbocycles. The Balaban J connectivity index is 1.97. The van der Waals surface area contributed by atoms with Crippen LogP contribution in [0.1, 0.15) is 43.2 Å². The minimum Gasteiger partial charge on any atom is -0.383 e. The van der Waals surface area contributed by atoms with E-state index in [1.165, 1.54) is 30.4 Å². The molecule has 0 aliphatic heterocycles. The first-order valence-corrected chi connectivity index (χ1v) is 8.70. The van der Waals surface area contributed by atoms with Gasteiger partial charge in [-0.25, -0.2) is 0 Å². The highest BCUT2D eigenvalue weighted by molar-refractivity contribution is 5.78. The molecule has 0 bridgehead atoms. The van der Waals surface area contributed by atoms with Gasteiger partial charge in [-0.1, -0.05) is 43.5 Å². The molecule has 0 unspecified atom stereocenters. The lowest BCUT2D eigenvalue weighted by Crippen LogP contribution is -2.45. The smallest absolute Gasteiger partial charge is 0.233 e. The number of aryl methyl sites for hydroxylation is 1. The van der Waals surface area contributed by atoms with Gasteiger partial charge in [-0.3, -0.25) is 4.79 Å². The van der Waals surface area contributed by atoms with Crippen LogP contribution in [0.5, 0.6) is 0 Å². The van der Waals surface area contributed by atoms with Crippen molar-refractivity contribution < 1.29 is 9.53 Å². The zero-order chi connectivity index (χ0) is 16.5. The molecule has 0 aromatic heterocycles. The van der Waals surface area contributed by atoms with E-state index in [1.54, 1.807) is 7.11 Å². The predicted octanol–water partition coefficient (Wildman–Crippen LogP) is 2.55. The first-order valence-electron chi connectivity index (χ1n) is 8.70. The number of hydrogen-bond donors (Lipinski definition) is 2. The van der Waals surface area contributed by atoms with Crippen LogP contribution in [-0.2, 0) is 14.9 Å². The van der Waals surface area contributed by atoms with Gasteiger partial charge < -0.3 is 15.4 Å². The van der Waals surface area contributed by atoms with Crippen molar-refractivity contribution in [3.05, 3.63) is 35.4 Å². The predicted molar refractivity (Wildman–Crippen MR) is 93.7 cm³/mol. The van der Waals surface area contributed by atoms with Gasteiger partial charge in [0.1, 0.15) is 0 Å². The van der Waals surface area contributed by atoms with Crippen molar-refractivity contribution in [1.29, 1.82) is 0 Å². The van der Waals surface area contributed by atoms with Gasteiger partial charge in [0.15, 0.2) is 0 Å². The van der Waals surface area contributed by atoms with E-state index in [4.69, 9.17) is 4.74 Å². The number of carbonyl (C=O) groups excluding carboxylic acids is 1. The van der Waals surface area contributed by atoms with Gasteiger partial charge in [0.05, 0.1) is 13.2 Å². The van der Waals surface area contributed by atoms with Gasteiger partial charge in [-0.2, -0.15) is 0 Å². The van der Waals surface area contributed by atoms with E-state index in [0.717, 1.165) is 19.4 Å². The Hall–Kier alpha value is -1.39. The van der Waals surface area contributed by atoms with Crippen molar-refractivity contribution >= 4 is 5.91 Å². The quantitative estimate of drug-likeness (QED) is 0.724. The van der Waals surface area contributed by atoms with E-state index < -0.39 is 0 Å². The molecule has 0 atom stereocenters. The molecule has 1 aliphatic carbocycles. The molecule has 2 rings (SSSR count). The van der Waals surface area contributed by atoms with Crippen LogP contribution in [0.4, 0.5) is 0 Å². The Morgan fingerprint density at radius 1 is 1.22 bits per heavy atom. The molecule has 0 radical (unpaired) electrons. The third-order valence-corrected chi connectivity index (χ3v) is 4.92. The molecule has 2 N–H and O–H groups in total. The van der Waals surface area contributed by atoms with E-state index in [1.807, 2.05) is 0 Å². The van der Waals surface area contributed by atoms with Crippen molar-refractivity contribution in [3.8, 4) is 0 Å². The van der Waals surface area contributed by atoms with E-state index in [0.29, 0.717) is 19.7 Å². The Labute approximate surface area is 140 Å². The molecular weight excluding hydrogens is 288 g/mol. The molecule has 23 heavy (non-hydrogen) atoms. The molecule has 1 aromatic carbocycles. The van der Waals surface area contributed by atoms with Crippen LogP contribution in [0.15, 0.2) is 24.3 Å². The van der Waals surface area contributed by atoms with Crippen LogP contribution in [0.2, 0.25) is 0 Å². The van der Waals surface area contributed by atoms with Gasteiger partial charge in [-0.15, -0.1) is 0 Å². The monoisotopic (exact) mass is 318 g/mol. The molecule has 4 heteroatoms. The third kappa shape index (κ3) is 5.05. The highest BCUT2D eigenvalue weighted by Crippen LogP contribution is 2.40. The van der Waals surface area contributed by atoms with E-state index in [-0.39, 0.29) is 11.3 Å². The van der Waals surface area contributed by atoms with Crippen molar-refractivity contribution in [2.45, 2.75) is 44.4 Å². The number of ether oxygens (including phenoxy) is 1. The van der Waals surface area contributed by atoms with Crippen LogP contribution in [-0.4, -0.2) is 39.3 Å². The van der Waals surface area contributed by atoms with Crippen LogP contribution in [0, 0.1) is 6.92 Å². The normalized spacial score (nSPS) is 17.0. The maximum atomic E-state index is 12.1. The number of hydrogen-bond acceptors (Lipinski definition) is 3. The van der Waals surface area contributed by atoms with Gasteiger partial charge in [0, 0.05) is 25.6 Å². The highest BCUT2D eigenvalue weighted by atomic mass is 16.5. The summed E-state index contributed by atoms with van der Waals surface area (Å²) in [5, 5.41) is 6.25. The molecule has 1 amide bonds. The number of carbonyl (C=O) groups is 1. The largest absolute Gasteiger partial charge is 0.383 e. The van der Waals surface area contributed by atoms with Crippen molar-refractivity contribution in [2.24, 2.45) is 0 Å². The van der Waals surface area contributed by atoms with E-state index in [9.17, 15) is 4.79 Å². The zero-order valence-corrected chi connectivity index (χ0v) is 14.5. The molecule has 0 spiro atoms. The molecule has 0 saturated heterocycles. The van der Waals surface area contributed by atoms with Crippen molar-refractivity contribution in [1.82, 2.24) is 10.6 Å². The number of nitrogens with one attached hydrogen (secondary N) is 2. The fourth-order valence-electron chi connectivity index (χ4n) is 3.64. The first kappa shape index (κ1) is 18.0. The maximum Gasteiger partial charge on any atom is 0.233 e. The van der Waals surface area contributed by atoms with Gasteiger partial charge >= 0.3 is 0 Å². The SMILES string of the molecule is COCCNCC(=O)NCC1(c2ccccc2C)CCCCC1. The molecular formula is C19H30N2O2. The minimum atomic E-state index is 0.0691. The first-order chi connectivity index (χ1) is 11.2. The molecule has 1 fully saturated rings. The second kappa shape index (κ2) is 9.04. The van der Waals surface area contributed by atoms with E-state index >= 15 is 0 Å². The lowest BCUT2D eigenvalue weighted by molar-refractivity contribution is -0.120. The summed E-state index contributed by atoms with van der Waals surface area (Å²) in [5.74, 6) is 0.0691. The van der Waals surface area contributed by atoms with Crippen molar-refractivity contribution in [2.75, 3.05) is 33.4 Å². The molecule has 1 aromatic rings. The summed E-state index contributed by atoms with van der Waals surface area (Å²) in [6.07, 6.45) is 6.12. The average molecular weight is 318 g/mol. The molecule has 4 nitrogen and oxygen atoms in total. The topological polar surface area (TPSA) is 50.4 Å². The average Bonchev–Trinajstić information content (AvgIpc) is 2.58. The summed E-state index contributed by atoms with van der Waals surface area (Å²) in [4.78, 5) is 12.1. The Morgan fingerprint density at radius 3 is 2.65 bits per heavy atom. The second-order valence-corrected chi connectivity index (χ2v) is 6.60. The van der Waals surface area contributed by atoms with E-state index in [2.05, 4.69) is 41.8 Å². The fourth-order valence-corrected chi connectivity index (χ4v) is 3.64. The number of rotatable bonds is 8. The number of benzene rings is 1. The van der Waals surface area contributed by atoms with Crippen molar-refractivity contribution in [3.63, 3.8) is 0 Å². The lowest BCUT2D eigenvalue weighted by Gasteiger charge is -2.39. The highest BCUT2D eigenvalue weighted by Gasteiger charge is 2.35. The number of methoxy groups -OCH3 is 1. The molecule has 0 heterocycles. The molecule has 1 aliphatic rings. The Bertz CT molecular complexity index is 496. The zero-order valence-electron chi connectivity index (χ0n) is 14.5. The lowest BCUT2D eigenvalue weighted by atomic mass is 9.68. The second-order valence-electron chi connectivity index (χ2n) is 6.60. The summed E-state index contributed by atoms with van der Waals surface area (Å²) in [6.45, 7) is 4.60. The van der Waals surface area contributed by atoms with Gasteiger partial charge in [0.2, 0.25) is 5.91 Å². The van der Waals surface area contributed by atoms with Gasteiger partial charge in [-0.05, 0) is 30.9 Å².